The predicted molar refractivity (Wildman–Crippen MR) is 88.4 cm³/mol. The standard InChI is InChI=1S/C17H21ClN2/c1-3-9-20(12-14-7-5-4-6-8-14)17-11-15(18)16(19)10-13(17)2/h4-8,10-11H,3,9,12,19H2,1-2H3. The maximum Gasteiger partial charge on any atom is 0.0656 e. The second-order valence-electron chi connectivity index (χ2n) is 5.07. The zero-order valence-electron chi connectivity index (χ0n) is 12.1. The van der Waals surface area contributed by atoms with Gasteiger partial charge in [-0.3, -0.25) is 0 Å². The molecule has 0 atom stereocenters. The maximum atomic E-state index is 6.18. The van der Waals surface area contributed by atoms with E-state index in [1.807, 2.05) is 18.2 Å². The van der Waals surface area contributed by atoms with Gasteiger partial charge >= 0.3 is 0 Å². The minimum absolute atomic E-state index is 0.625. The molecule has 2 rings (SSSR count). The average Bonchev–Trinajstić information content (AvgIpc) is 2.44. The third kappa shape index (κ3) is 3.45. The van der Waals surface area contributed by atoms with E-state index in [1.54, 1.807) is 0 Å². The maximum absolute atomic E-state index is 6.18. The Morgan fingerprint density at radius 1 is 1.15 bits per heavy atom. The lowest BCUT2D eigenvalue weighted by Crippen LogP contribution is -2.24. The molecule has 0 aromatic heterocycles. The lowest BCUT2D eigenvalue weighted by atomic mass is 10.1. The molecule has 20 heavy (non-hydrogen) atoms. The van der Waals surface area contributed by atoms with Crippen LogP contribution >= 0.6 is 11.6 Å². The monoisotopic (exact) mass is 288 g/mol. The summed E-state index contributed by atoms with van der Waals surface area (Å²) in [5.74, 6) is 0. The number of hydrogen-bond donors (Lipinski definition) is 1. The first-order chi connectivity index (χ1) is 9.61. The molecule has 0 radical (unpaired) electrons. The molecule has 0 heterocycles. The van der Waals surface area contributed by atoms with Crippen LogP contribution < -0.4 is 10.6 Å². The highest BCUT2D eigenvalue weighted by molar-refractivity contribution is 6.33. The summed E-state index contributed by atoms with van der Waals surface area (Å²) in [5, 5.41) is 0.625. The van der Waals surface area contributed by atoms with Crippen molar-refractivity contribution >= 4 is 23.0 Å². The van der Waals surface area contributed by atoms with Crippen LogP contribution in [0.5, 0.6) is 0 Å². The highest BCUT2D eigenvalue weighted by Crippen LogP contribution is 2.30. The molecular weight excluding hydrogens is 268 g/mol. The van der Waals surface area contributed by atoms with Gasteiger partial charge in [-0.1, -0.05) is 48.9 Å². The number of rotatable bonds is 5. The summed E-state index contributed by atoms with van der Waals surface area (Å²) < 4.78 is 0. The van der Waals surface area contributed by atoms with Crippen LogP contribution in [0.2, 0.25) is 5.02 Å². The molecule has 2 aromatic rings. The van der Waals surface area contributed by atoms with Gasteiger partial charge in [0.05, 0.1) is 10.7 Å². The number of hydrogen-bond acceptors (Lipinski definition) is 2. The van der Waals surface area contributed by atoms with E-state index in [2.05, 4.69) is 43.0 Å². The summed E-state index contributed by atoms with van der Waals surface area (Å²) in [4.78, 5) is 2.36. The van der Waals surface area contributed by atoms with Gasteiger partial charge in [0.15, 0.2) is 0 Å². The van der Waals surface area contributed by atoms with Crippen LogP contribution in [-0.4, -0.2) is 6.54 Å². The quantitative estimate of drug-likeness (QED) is 0.812. The highest BCUT2D eigenvalue weighted by Gasteiger charge is 2.11. The molecule has 0 aliphatic heterocycles. The van der Waals surface area contributed by atoms with Crippen LogP contribution in [0.15, 0.2) is 42.5 Å². The second kappa shape index (κ2) is 6.67. The van der Waals surface area contributed by atoms with Crippen LogP contribution in [0.4, 0.5) is 11.4 Å². The molecular formula is C17H21ClN2. The number of halogens is 1. The van der Waals surface area contributed by atoms with Crippen molar-refractivity contribution in [3.05, 3.63) is 58.6 Å². The van der Waals surface area contributed by atoms with Crippen LogP contribution in [-0.2, 0) is 6.54 Å². The second-order valence-corrected chi connectivity index (χ2v) is 5.47. The van der Waals surface area contributed by atoms with Crippen LogP contribution in [0.1, 0.15) is 24.5 Å². The smallest absolute Gasteiger partial charge is 0.0656 e. The molecule has 0 aliphatic carbocycles. The Morgan fingerprint density at radius 2 is 1.85 bits per heavy atom. The van der Waals surface area contributed by atoms with Gasteiger partial charge in [0.1, 0.15) is 0 Å². The molecule has 2 N–H and O–H groups in total. The minimum Gasteiger partial charge on any atom is -0.398 e. The molecule has 0 aliphatic rings. The first-order valence-electron chi connectivity index (χ1n) is 6.96. The van der Waals surface area contributed by atoms with E-state index >= 15 is 0 Å². The van der Waals surface area contributed by atoms with Crippen molar-refractivity contribution in [1.29, 1.82) is 0 Å². The molecule has 2 aromatic carbocycles. The first-order valence-corrected chi connectivity index (χ1v) is 7.34. The molecule has 0 bridgehead atoms. The molecule has 3 heteroatoms. The Morgan fingerprint density at radius 3 is 2.50 bits per heavy atom. The Hall–Kier alpha value is -1.67. The number of nitrogen functional groups attached to an aromatic ring is 1. The molecule has 0 fully saturated rings. The summed E-state index contributed by atoms with van der Waals surface area (Å²) in [5.41, 5.74) is 10.1. The van der Waals surface area contributed by atoms with Gasteiger partial charge in [0.25, 0.3) is 0 Å². The summed E-state index contributed by atoms with van der Waals surface area (Å²) in [6, 6.07) is 14.4. The first kappa shape index (κ1) is 14.7. The highest BCUT2D eigenvalue weighted by atomic mass is 35.5. The Labute approximate surface area is 126 Å². The van der Waals surface area contributed by atoms with Crippen molar-refractivity contribution in [3.8, 4) is 0 Å². The number of benzene rings is 2. The summed E-state index contributed by atoms with van der Waals surface area (Å²) in [6.45, 7) is 6.15. The van der Waals surface area contributed by atoms with Crippen molar-refractivity contribution in [2.45, 2.75) is 26.8 Å². The van der Waals surface area contributed by atoms with Crippen LogP contribution in [0.3, 0.4) is 0 Å². The van der Waals surface area contributed by atoms with Crippen molar-refractivity contribution in [2.75, 3.05) is 17.2 Å². The number of nitrogens with zero attached hydrogens (tertiary/aromatic N) is 1. The fraction of sp³-hybridized carbons (Fsp3) is 0.294. The lowest BCUT2D eigenvalue weighted by molar-refractivity contribution is 0.765. The molecule has 0 saturated carbocycles. The lowest BCUT2D eigenvalue weighted by Gasteiger charge is -2.27. The van der Waals surface area contributed by atoms with Gasteiger partial charge in [-0.15, -0.1) is 0 Å². The largest absolute Gasteiger partial charge is 0.398 e. The van der Waals surface area contributed by atoms with Crippen molar-refractivity contribution in [2.24, 2.45) is 0 Å². The van der Waals surface area contributed by atoms with Crippen molar-refractivity contribution in [3.63, 3.8) is 0 Å². The van der Waals surface area contributed by atoms with Crippen LogP contribution in [0.25, 0.3) is 0 Å². The fourth-order valence-corrected chi connectivity index (χ4v) is 2.55. The minimum atomic E-state index is 0.625. The summed E-state index contributed by atoms with van der Waals surface area (Å²) in [6.07, 6.45) is 1.09. The predicted octanol–water partition coefficient (Wildman–Crippen LogP) is 4.65. The Kier molecular flexibility index (Phi) is 4.91. The molecule has 0 amide bonds. The van der Waals surface area contributed by atoms with Gasteiger partial charge < -0.3 is 10.6 Å². The SMILES string of the molecule is CCCN(Cc1ccccc1)c1cc(Cl)c(N)cc1C. The Bertz CT molecular complexity index is 567. The Balaban J connectivity index is 2.31. The topological polar surface area (TPSA) is 29.3 Å². The number of anilines is 2. The molecule has 0 saturated heterocycles. The van der Waals surface area contributed by atoms with Gasteiger partial charge in [0, 0.05) is 18.8 Å². The third-order valence-electron chi connectivity index (χ3n) is 3.37. The third-order valence-corrected chi connectivity index (χ3v) is 3.69. The van der Waals surface area contributed by atoms with Gasteiger partial charge in [-0.05, 0) is 36.6 Å². The van der Waals surface area contributed by atoms with E-state index < -0.39 is 0 Å². The van der Waals surface area contributed by atoms with E-state index in [0.717, 1.165) is 30.8 Å². The van der Waals surface area contributed by atoms with Crippen LogP contribution in [0, 0.1) is 6.92 Å². The van der Waals surface area contributed by atoms with E-state index in [-0.39, 0.29) is 0 Å². The van der Waals surface area contributed by atoms with Crippen molar-refractivity contribution in [1.82, 2.24) is 0 Å². The van der Waals surface area contributed by atoms with Crippen molar-refractivity contribution < 1.29 is 0 Å². The fourth-order valence-electron chi connectivity index (χ4n) is 2.39. The summed E-state index contributed by atoms with van der Waals surface area (Å²) in [7, 11) is 0. The average molecular weight is 289 g/mol. The number of aryl methyl sites for hydroxylation is 1. The van der Waals surface area contributed by atoms with E-state index in [0.29, 0.717) is 10.7 Å². The van der Waals surface area contributed by atoms with E-state index in [9.17, 15) is 0 Å². The van der Waals surface area contributed by atoms with Gasteiger partial charge in [0.2, 0.25) is 0 Å². The molecule has 106 valence electrons. The van der Waals surface area contributed by atoms with E-state index in [1.165, 1.54) is 5.56 Å². The molecule has 0 spiro atoms. The van der Waals surface area contributed by atoms with Gasteiger partial charge in [-0.2, -0.15) is 0 Å². The van der Waals surface area contributed by atoms with Gasteiger partial charge in [-0.25, -0.2) is 0 Å². The summed E-state index contributed by atoms with van der Waals surface area (Å²) >= 11 is 6.18. The number of nitrogens with two attached hydrogens (primary N) is 1. The molecule has 0 unspecified atom stereocenters. The van der Waals surface area contributed by atoms with E-state index in [4.69, 9.17) is 17.3 Å². The zero-order chi connectivity index (χ0) is 14.5. The normalized spacial score (nSPS) is 10.6. The molecule has 2 nitrogen and oxygen atoms in total. The zero-order valence-corrected chi connectivity index (χ0v) is 12.8.